The maximum absolute atomic E-state index is 12.1. The zero-order valence-corrected chi connectivity index (χ0v) is 13.7. The third kappa shape index (κ3) is 5.61. The van der Waals surface area contributed by atoms with Gasteiger partial charge in [0.2, 0.25) is 0 Å². The molecule has 0 saturated heterocycles. The van der Waals surface area contributed by atoms with Gasteiger partial charge < -0.3 is 15.8 Å². The zero-order chi connectivity index (χ0) is 17.4. The molecular weight excluding hydrogens is 298 g/mol. The number of carbonyl (C=O) groups is 3. The zero-order valence-electron chi connectivity index (χ0n) is 13.7. The largest absolute Gasteiger partial charge is 0.469 e. The summed E-state index contributed by atoms with van der Waals surface area (Å²) in [6.45, 7) is 3.88. The Kier molecular flexibility index (Phi) is 7.05. The number of aryl methyl sites for hydroxylation is 1. The molecule has 1 atom stereocenters. The van der Waals surface area contributed by atoms with Crippen LogP contribution in [0.15, 0.2) is 24.3 Å². The predicted octanol–water partition coefficient (Wildman–Crippen LogP) is 1.78. The standard InChI is InChI=1S/C16H23N3O4/c1-4-13(14(20)23-3)10-19(15(17)21)16(22)18-9-12-7-5-11(2)6-8-12/h5-8,13H,4,9-10H2,1-3H3,(H2,17,21)(H,18,22)/t13-/m0/s1. The monoisotopic (exact) mass is 321 g/mol. The number of primary amides is 1. The third-order valence-corrected chi connectivity index (χ3v) is 3.51. The van der Waals surface area contributed by atoms with Gasteiger partial charge in [0.25, 0.3) is 0 Å². The molecule has 23 heavy (non-hydrogen) atoms. The maximum atomic E-state index is 12.1. The van der Waals surface area contributed by atoms with E-state index in [1.165, 1.54) is 7.11 Å². The van der Waals surface area contributed by atoms with E-state index in [2.05, 4.69) is 10.1 Å². The number of rotatable bonds is 6. The SMILES string of the molecule is CC[C@@H](CN(C(N)=O)C(=O)NCc1ccc(C)cc1)C(=O)OC. The van der Waals surface area contributed by atoms with E-state index in [1.54, 1.807) is 6.92 Å². The van der Waals surface area contributed by atoms with Crippen molar-refractivity contribution in [2.75, 3.05) is 13.7 Å². The summed E-state index contributed by atoms with van der Waals surface area (Å²) in [4.78, 5) is 36.1. The van der Waals surface area contributed by atoms with Crippen molar-refractivity contribution >= 4 is 18.0 Å². The van der Waals surface area contributed by atoms with Crippen LogP contribution in [0.25, 0.3) is 0 Å². The molecule has 0 saturated carbocycles. The number of nitrogens with zero attached hydrogens (tertiary/aromatic N) is 1. The highest BCUT2D eigenvalue weighted by molar-refractivity contribution is 5.93. The van der Waals surface area contributed by atoms with Gasteiger partial charge >= 0.3 is 18.0 Å². The van der Waals surface area contributed by atoms with Crippen LogP contribution in [0.1, 0.15) is 24.5 Å². The normalized spacial score (nSPS) is 11.4. The number of hydrogen-bond donors (Lipinski definition) is 2. The number of benzene rings is 1. The summed E-state index contributed by atoms with van der Waals surface area (Å²) in [6, 6.07) is 6.07. The number of hydrogen-bond acceptors (Lipinski definition) is 4. The molecule has 0 fully saturated rings. The van der Waals surface area contributed by atoms with Crippen molar-refractivity contribution in [3.05, 3.63) is 35.4 Å². The van der Waals surface area contributed by atoms with Crippen molar-refractivity contribution in [1.29, 1.82) is 0 Å². The molecular formula is C16H23N3O4. The average Bonchev–Trinajstić information content (AvgIpc) is 2.54. The second-order valence-corrected chi connectivity index (χ2v) is 5.22. The van der Waals surface area contributed by atoms with E-state index in [4.69, 9.17) is 5.73 Å². The highest BCUT2D eigenvalue weighted by Gasteiger charge is 2.26. The number of carbonyl (C=O) groups excluding carboxylic acids is 3. The highest BCUT2D eigenvalue weighted by atomic mass is 16.5. The number of methoxy groups -OCH3 is 1. The lowest BCUT2D eigenvalue weighted by atomic mass is 10.1. The number of esters is 1. The van der Waals surface area contributed by atoms with Crippen molar-refractivity contribution in [3.8, 4) is 0 Å². The van der Waals surface area contributed by atoms with Gasteiger partial charge in [-0.05, 0) is 18.9 Å². The number of ether oxygens (including phenoxy) is 1. The Balaban J connectivity index is 2.69. The first-order valence-electron chi connectivity index (χ1n) is 7.37. The van der Waals surface area contributed by atoms with Gasteiger partial charge in [-0.2, -0.15) is 0 Å². The van der Waals surface area contributed by atoms with Crippen LogP contribution in [0.5, 0.6) is 0 Å². The van der Waals surface area contributed by atoms with Crippen LogP contribution < -0.4 is 11.1 Å². The summed E-state index contributed by atoms with van der Waals surface area (Å²) in [5, 5.41) is 2.62. The topological polar surface area (TPSA) is 102 Å². The molecule has 0 bridgehead atoms. The van der Waals surface area contributed by atoms with Crippen molar-refractivity contribution in [2.24, 2.45) is 11.7 Å². The molecule has 1 aromatic rings. The second-order valence-electron chi connectivity index (χ2n) is 5.22. The Hall–Kier alpha value is -2.57. The minimum atomic E-state index is -0.909. The fourth-order valence-electron chi connectivity index (χ4n) is 2.01. The lowest BCUT2D eigenvalue weighted by Gasteiger charge is -2.23. The van der Waals surface area contributed by atoms with Crippen LogP contribution >= 0.6 is 0 Å². The van der Waals surface area contributed by atoms with E-state index in [1.807, 2.05) is 31.2 Å². The van der Waals surface area contributed by atoms with Gasteiger partial charge in [-0.3, -0.25) is 4.79 Å². The van der Waals surface area contributed by atoms with Gasteiger partial charge in [-0.15, -0.1) is 0 Å². The first-order valence-corrected chi connectivity index (χ1v) is 7.37. The summed E-state index contributed by atoms with van der Waals surface area (Å²) in [5.41, 5.74) is 7.26. The molecule has 7 heteroatoms. The fourth-order valence-corrected chi connectivity index (χ4v) is 2.01. The summed E-state index contributed by atoms with van der Waals surface area (Å²) in [6.07, 6.45) is 0.432. The molecule has 0 unspecified atom stereocenters. The minimum absolute atomic E-state index is 0.113. The Morgan fingerprint density at radius 1 is 1.26 bits per heavy atom. The molecule has 1 aromatic carbocycles. The van der Waals surface area contributed by atoms with Crippen molar-refractivity contribution < 1.29 is 19.1 Å². The van der Waals surface area contributed by atoms with Crippen LogP contribution in [-0.4, -0.2) is 36.6 Å². The molecule has 0 aromatic heterocycles. The number of imide groups is 1. The molecule has 0 aliphatic heterocycles. The smallest absolute Gasteiger partial charge is 0.325 e. The van der Waals surface area contributed by atoms with Crippen LogP contribution in [0, 0.1) is 12.8 Å². The van der Waals surface area contributed by atoms with E-state index < -0.39 is 23.9 Å². The number of urea groups is 2. The molecule has 0 heterocycles. The molecule has 126 valence electrons. The van der Waals surface area contributed by atoms with Crippen LogP contribution in [0.3, 0.4) is 0 Å². The number of nitrogens with one attached hydrogen (secondary N) is 1. The van der Waals surface area contributed by atoms with Gasteiger partial charge in [0.1, 0.15) is 0 Å². The van der Waals surface area contributed by atoms with Crippen molar-refractivity contribution in [3.63, 3.8) is 0 Å². The van der Waals surface area contributed by atoms with Crippen molar-refractivity contribution in [2.45, 2.75) is 26.8 Å². The van der Waals surface area contributed by atoms with Crippen LogP contribution in [-0.2, 0) is 16.1 Å². The van der Waals surface area contributed by atoms with Crippen LogP contribution in [0.2, 0.25) is 0 Å². The van der Waals surface area contributed by atoms with E-state index in [9.17, 15) is 14.4 Å². The summed E-state index contributed by atoms with van der Waals surface area (Å²) in [5.74, 6) is -1.08. The molecule has 0 aliphatic carbocycles. The van der Waals surface area contributed by atoms with Gasteiger partial charge in [0.15, 0.2) is 0 Å². The second kappa shape index (κ2) is 8.77. The highest BCUT2D eigenvalue weighted by Crippen LogP contribution is 2.09. The molecule has 3 N–H and O–H groups in total. The van der Waals surface area contributed by atoms with E-state index in [-0.39, 0.29) is 13.1 Å². The lowest BCUT2D eigenvalue weighted by Crippen LogP contribution is -2.49. The Labute approximate surface area is 135 Å². The lowest BCUT2D eigenvalue weighted by molar-refractivity contribution is -0.145. The van der Waals surface area contributed by atoms with Gasteiger partial charge in [0.05, 0.1) is 13.0 Å². The van der Waals surface area contributed by atoms with E-state index in [0.717, 1.165) is 16.0 Å². The number of nitrogens with two attached hydrogens (primary N) is 1. The molecule has 4 amide bonds. The maximum Gasteiger partial charge on any atom is 0.325 e. The summed E-state index contributed by atoms with van der Waals surface area (Å²) >= 11 is 0. The minimum Gasteiger partial charge on any atom is -0.469 e. The Morgan fingerprint density at radius 3 is 2.35 bits per heavy atom. The van der Waals surface area contributed by atoms with Crippen LogP contribution in [0.4, 0.5) is 9.59 Å². The first kappa shape index (κ1) is 18.5. The fraction of sp³-hybridized carbons (Fsp3) is 0.438. The van der Waals surface area contributed by atoms with E-state index >= 15 is 0 Å². The molecule has 0 spiro atoms. The summed E-state index contributed by atoms with van der Waals surface area (Å²) < 4.78 is 4.65. The Bertz CT molecular complexity index is 557. The first-order chi connectivity index (χ1) is 10.9. The van der Waals surface area contributed by atoms with Gasteiger partial charge in [-0.1, -0.05) is 36.8 Å². The molecule has 1 rings (SSSR count). The van der Waals surface area contributed by atoms with Crippen molar-refractivity contribution in [1.82, 2.24) is 10.2 Å². The number of amides is 4. The average molecular weight is 321 g/mol. The van der Waals surface area contributed by atoms with Gasteiger partial charge in [-0.25, -0.2) is 14.5 Å². The third-order valence-electron chi connectivity index (χ3n) is 3.51. The Morgan fingerprint density at radius 2 is 1.87 bits per heavy atom. The molecule has 0 aliphatic rings. The quantitative estimate of drug-likeness (QED) is 0.780. The molecule has 0 radical (unpaired) electrons. The molecule has 7 nitrogen and oxygen atoms in total. The van der Waals surface area contributed by atoms with E-state index in [0.29, 0.717) is 6.42 Å². The van der Waals surface area contributed by atoms with Gasteiger partial charge in [0, 0.05) is 13.1 Å². The summed E-state index contributed by atoms with van der Waals surface area (Å²) in [7, 11) is 1.26. The predicted molar refractivity (Wildman–Crippen MR) is 85.5 cm³/mol.